The highest BCUT2D eigenvalue weighted by Gasteiger charge is 2.16. The van der Waals surface area contributed by atoms with E-state index in [1.807, 2.05) is 25.2 Å². The summed E-state index contributed by atoms with van der Waals surface area (Å²) >= 11 is 9.76. The summed E-state index contributed by atoms with van der Waals surface area (Å²) in [6, 6.07) is 12.3. The second-order valence-electron chi connectivity index (χ2n) is 5.03. The Hall–Kier alpha value is -1.03. The summed E-state index contributed by atoms with van der Waals surface area (Å²) in [6.07, 6.45) is 0.808. The van der Waals surface area contributed by atoms with Gasteiger partial charge in [0, 0.05) is 15.5 Å². The first-order valence-electron chi connectivity index (χ1n) is 6.81. The lowest BCUT2D eigenvalue weighted by molar-refractivity contribution is 0.406. The van der Waals surface area contributed by atoms with Gasteiger partial charge in [-0.05, 0) is 55.8 Å². The summed E-state index contributed by atoms with van der Waals surface area (Å²) in [5.41, 5.74) is 3.57. The van der Waals surface area contributed by atoms with Crippen molar-refractivity contribution in [3.8, 4) is 5.75 Å². The normalized spacial score (nSPS) is 12.2. The smallest absolute Gasteiger partial charge is 0.122 e. The Morgan fingerprint density at radius 2 is 2.00 bits per heavy atom. The first kappa shape index (κ1) is 16.3. The third-order valence-corrected chi connectivity index (χ3v) is 4.50. The Bertz CT molecular complexity index is 630. The summed E-state index contributed by atoms with van der Waals surface area (Å²) in [5, 5.41) is 4.10. The van der Waals surface area contributed by atoms with Crippen LogP contribution in [-0.2, 0) is 6.42 Å². The van der Waals surface area contributed by atoms with Crippen LogP contribution in [-0.4, -0.2) is 14.2 Å². The summed E-state index contributed by atoms with van der Waals surface area (Å²) in [6.45, 7) is 2.10. The van der Waals surface area contributed by atoms with Crippen LogP contribution < -0.4 is 10.1 Å². The van der Waals surface area contributed by atoms with Crippen LogP contribution in [0.3, 0.4) is 0 Å². The second-order valence-corrected chi connectivity index (χ2v) is 6.32. The molecule has 1 unspecified atom stereocenters. The molecule has 0 heterocycles. The minimum atomic E-state index is 0.187. The van der Waals surface area contributed by atoms with Gasteiger partial charge in [0.2, 0.25) is 0 Å². The molecule has 1 atom stereocenters. The first-order valence-corrected chi connectivity index (χ1v) is 7.98. The number of rotatable bonds is 5. The quantitative estimate of drug-likeness (QED) is 0.808. The van der Waals surface area contributed by atoms with E-state index in [4.69, 9.17) is 16.3 Å². The number of halogens is 2. The number of likely N-dealkylation sites (N-methyl/N-ethyl adjacent to an activating group) is 1. The highest BCUT2D eigenvalue weighted by atomic mass is 79.9. The zero-order valence-electron chi connectivity index (χ0n) is 12.4. The predicted molar refractivity (Wildman–Crippen MR) is 92.4 cm³/mol. The zero-order chi connectivity index (χ0) is 15.4. The molecule has 0 aliphatic heterocycles. The van der Waals surface area contributed by atoms with E-state index in [-0.39, 0.29) is 6.04 Å². The summed E-state index contributed by atoms with van der Waals surface area (Å²) in [7, 11) is 3.65. The van der Waals surface area contributed by atoms with Crippen molar-refractivity contribution >= 4 is 27.5 Å². The molecule has 1 N–H and O–H groups in total. The lowest BCUT2D eigenvalue weighted by atomic mass is 9.97. The van der Waals surface area contributed by atoms with Crippen molar-refractivity contribution in [3.63, 3.8) is 0 Å². The number of aryl methyl sites for hydroxylation is 1. The minimum absolute atomic E-state index is 0.187. The SMILES string of the molecule is CNC(Cc1cc(Cl)ccc1OC)c1cc(C)ccc1Br. The standard InChI is InChI=1S/C17H19BrClNO/c1-11-4-6-15(18)14(8-11)16(20-2)10-12-9-13(19)5-7-17(12)21-3/h4-9,16,20H,10H2,1-3H3. The largest absolute Gasteiger partial charge is 0.496 e. The van der Waals surface area contributed by atoms with Crippen LogP contribution in [0, 0.1) is 6.92 Å². The maximum atomic E-state index is 6.12. The van der Waals surface area contributed by atoms with Crippen LogP contribution >= 0.6 is 27.5 Å². The van der Waals surface area contributed by atoms with E-state index in [2.05, 4.69) is 46.4 Å². The Morgan fingerprint density at radius 3 is 2.67 bits per heavy atom. The Kier molecular flexibility index (Phi) is 5.68. The lowest BCUT2D eigenvalue weighted by Gasteiger charge is -2.20. The van der Waals surface area contributed by atoms with Crippen molar-refractivity contribution in [1.29, 1.82) is 0 Å². The van der Waals surface area contributed by atoms with E-state index < -0.39 is 0 Å². The molecule has 0 spiro atoms. The van der Waals surface area contributed by atoms with Crippen LogP contribution in [0.15, 0.2) is 40.9 Å². The summed E-state index contributed by atoms with van der Waals surface area (Å²) in [5.74, 6) is 0.864. The maximum absolute atomic E-state index is 6.12. The van der Waals surface area contributed by atoms with Crippen LogP contribution in [0.2, 0.25) is 5.02 Å². The van der Waals surface area contributed by atoms with Crippen molar-refractivity contribution in [3.05, 3.63) is 62.6 Å². The Morgan fingerprint density at radius 1 is 1.24 bits per heavy atom. The fourth-order valence-electron chi connectivity index (χ4n) is 2.42. The van der Waals surface area contributed by atoms with Crippen LogP contribution in [0.1, 0.15) is 22.7 Å². The van der Waals surface area contributed by atoms with Crippen LogP contribution in [0.4, 0.5) is 0 Å². The molecule has 2 aromatic carbocycles. The zero-order valence-corrected chi connectivity index (χ0v) is 14.8. The molecule has 0 saturated carbocycles. The van der Waals surface area contributed by atoms with E-state index >= 15 is 0 Å². The maximum Gasteiger partial charge on any atom is 0.122 e. The van der Waals surface area contributed by atoms with Crippen LogP contribution in [0.5, 0.6) is 5.75 Å². The molecule has 0 bridgehead atoms. The molecule has 2 rings (SSSR count). The van der Waals surface area contributed by atoms with Crippen molar-refractivity contribution < 1.29 is 4.74 Å². The number of hydrogen-bond donors (Lipinski definition) is 1. The second kappa shape index (κ2) is 7.30. The number of methoxy groups -OCH3 is 1. The van der Waals surface area contributed by atoms with Crippen molar-refractivity contribution in [2.75, 3.05) is 14.2 Å². The van der Waals surface area contributed by atoms with Crippen molar-refractivity contribution in [1.82, 2.24) is 5.32 Å². The van der Waals surface area contributed by atoms with Gasteiger partial charge >= 0.3 is 0 Å². The fourth-order valence-corrected chi connectivity index (χ4v) is 3.14. The lowest BCUT2D eigenvalue weighted by Crippen LogP contribution is -2.19. The molecule has 0 aliphatic rings. The van der Waals surface area contributed by atoms with Gasteiger partial charge in [0.15, 0.2) is 0 Å². The number of nitrogens with one attached hydrogen (secondary N) is 1. The molecule has 0 fully saturated rings. The van der Waals surface area contributed by atoms with E-state index in [0.717, 1.165) is 27.2 Å². The third kappa shape index (κ3) is 4.00. The molecule has 2 aromatic rings. The number of benzene rings is 2. The molecule has 112 valence electrons. The predicted octanol–water partition coefficient (Wildman–Crippen LogP) is 4.92. The van der Waals surface area contributed by atoms with Gasteiger partial charge in [-0.1, -0.05) is 45.2 Å². The van der Waals surface area contributed by atoms with Gasteiger partial charge in [-0.3, -0.25) is 0 Å². The van der Waals surface area contributed by atoms with E-state index in [1.165, 1.54) is 11.1 Å². The van der Waals surface area contributed by atoms with Gasteiger partial charge in [0.1, 0.15) is 5.75 Å². The van der Waals surface area contributed by atoms with Crippen molar-refractivity contribution in [2.45, 2.75) is 19.4 Å². The van der Waals surface area contributed by atoms with E-state index in [1.54, 1.807) is 7.11 Å². The monoisotopic (exact) mass is 367 g/mol. The molecule has 0 radical (unpaired) electrons. The van der Waals surface area contributed by atoms with Gasteiger partial charge in [-0.2, -0.15) is 0 Å². The molecule has 0 saturated heterocycles. The van der Waals surface area contributed by atoms with Gasteiger partial charge in [0.05, 0.1) is 7.11 Å². The van der Waals surface area contributed by atoms with Gasteiger partial charge in [-0.15, -0.1) is 0 Å². The fraction of sp³-hybridized carbons (Fsp3) is 0.294. The summed E-state index contributed by atoms with van der Waals surface area (Å²) in [4.78, 5) is 0. The Balaban J connectivity index is 2.35. The summed E-state index contributed by atoms with van der Waals surface area (Å²) < 4.78 is 6.54. The topological polar surface area (TPSA) is 21.3 Å². The van der Waals surface area contributed by atoms with E-state index in [0.29, 0.717) is 0 Å². The molecule has 0 aliphatic carbocycles. The number of ether oxygens (including phenoxy) is 1. The minimum Gasteiger partial charge on any atom is -0.496 e. The van der Waals surface area contributed by atoms with Gasteiger partial charge in [-0.25, -0.2) is 0 Å². The molecule has 0 amide bonds. The van der Waals surface area contributed by atoms with Gasteiger partial charge < -0.3 is 10.1 Å². The van der Waals surface area contributed by atoms with E-state index in [9.17, 15) is 0 Å². The molecular weight excluding hydrogens is 350 g/mol. The highest BCUT2D eigenvalue weighted by molar-refractivity contribution is 9.10. The Labute approximate surface area is 139 Å². The molecule has 0 aromatic heterocycles. The van der Waals surface area contributed by atoms with Crippen molar-refractivity contribution in [2.24, 2.45) is 0 Å². The van der Waals surface area contributed by atoms with Gasteiger partial charge in [0.25, 0.3) is 0 Å². The average Bonchev–Trinajstić information content (AvgIpc) is 2.47. The average molecular weight is 369 g/mol. The molecular formula is C17H19BrClNO. The molecule has 4 heteroatoms. The number of hydrogen-bond acceptors (Lipinski definition) is 2. The highest BCUT2D eigenvalue weighted by Crippen LogP contribution is 2.31. The third-order valence-electron chi connectivity index (χ3n) is 3.54. The molecule has 21 heavy (non-hydrogen) atoms. The van der Waals surface area contributed by atoms with Crippen LogP contribution in [0.25, 0.3) is 0 Å². The first-order chi connectivity index (χ1) is 10.0. The molecule has 2 nitrogen and oxygen atoms in total.